The van der Waals surface area contributed by atoms with Crippen LogP contribution in [0.25, 0.3) is 0 Å². The van der Waals surface area contributed by atoms with Crippen molar-refractivity contribution in [3.05, 3.63) is 35.4 Å². The van der Waals surface area contributed by atoms with Gasteiger partial charge in [0.2, 0.25) is 0 Å². The van der Waals surface area contributed by atoms with Gasteiger partial charge in [-0.1, -0.05) is 18.2 Å². The van der Waals surface area contributed by atoms with Crippen LogP contribution in [0.5, 0.6) is 0 Å². The Morgan fingerprint density at radius 1 is 1.40 bits per heavy atom. The molecule has 0 aliphatic carbocycles. The van der Waals surface area contributed by atoms with E-state index >= 15 is 0 Å². The molecule has 1 aliphatic heterocycles. The van der Waals surface area contributed by atoms with Gasteiger partial charge in [-0.15, -0.1) is 0 Å². The Morgan fingerprint density at radius 2 is 2.20 bits per heavy atom. The molecule has 0 bridgehead atoms. The highest BCUT2D eigenvalue weighted by atomic mass is 19.4. The molecule has 1 aromatic rings. The Kier molecular flexibility index (Phi) is 5.05. The van der Waals surface area contributed by atoms with Crippen LogP contribution in [0.15, 0.2) is 24.3 Å². The van der Waals surface area contributed by atoms with Gasteiger partial charge in [0.15, 0.2) is 0 Å². The Balaban J connectivity index is 1.85. The molecule has 0 amide bonds. The van der Waals surface area contributed by atoms with Crippen molar-refractivity contribution in [2.24, 2.45) is 0 Å². The van der Waals surface area contributed by atoms with Crippen molar-refractivity contribution in [3.63, 3.8) is 0 Å². The summed E-state index contributed by atoms with van der Waals surface area (Å²) in [6.07, 6.45) is -1.29. The maximum absolute atomic E-state index is 12.6. The van der Waals surface area contributed by atoms with E-state index in [9.17, 15) is 13.2 Å². The van der Waals surface area contributed by atoms with Crippen molar-refractivity contribution >= 4 is 0 Å². The summed E-state index contributed by atoms with van der Waals surface area (Å²) in [5, 5.41) is 3.32. The molecular formula is C15H20F3NO. The normalized spacial score (nSPS) is 21.1. The summed E-state index contributed by atoms with van der Waals surface area (Å²) in [7, 11) is 0. The number of hydrogen-bond acceptors (Lipinski definition) is 2. The lowest BCUT2D eigenvalue weighted by Gasteiger charge is -2.17. The third kappa shape index (κ3) is 4.49. The molecule has 0 aromatic heterocycles. The van der Waals surface area contributed by atoms with E-state index in [0.717, 1.165) is 32.1 Å². The number of rotatable bonds is 5. The van der Waals surface area contributed by atoms with Gasteiger partial charge < -0.3 is 10.1 Å². The van der Waals surface area contributed by atoms with Crippen molar-refractivity contribution in [1.82, 2.24) is 5.32 Å². The van der Waals surface area contributed by atoms with Crippen LogP contribution >= 0.6 is 0 Å². The van der Waals surface area contributed by atoms with Gasteiger partial charge in [-0.25, -0.2) is 0 Å². The van der Waals surface area contributed by atoms with Gasteiger partial charge in [0.05, 0.1) is 11.7 Å². The fourth-order valence-electron chi connectivity index (χ4n) is 2.44. The summed E-state index contributed by atoms with van der Waals surface area (Å²) in [4.78, 5) is 0. The van der Waals surface area contributed by atoms with Gasteiger partial charge in [0.25, 0.3) is 0 Å². The van der Waals surface area contributed by atoms with E-state index < -0.39 is 11.7 Å². The molecule has 2 nitrogen and oxygen atoms in total. The maximum Gasteiger partial charge on any atom is 0.416 e. The van der Waals surface area contributed by atoms with Crippen LogP contribution in [0.4, 0.5) is 13.2 Å². The second kappa shape index (κ2) is 6.59. The van der Waals surface area contributed by atoms with Gasteiger partial charge in [-0.3, -0.25) is 0 Å². The summed E-state index contributed by atoms with van der Waals surface area (Å²) >= 11 is 0. The van der Waals surface area contributed by atoms with Crippen LogP contribution in [0.3, 0.4) is 0 Å². The summed E-state index contributed by atoms with van der Waals surface area (Å²) in [5.41, 5.74) is 0.119. The van der Waals surface area contributed by atoms with Crippen molar-refractivity contribution in [3.8, 4) is 0 Å². The summed E-state index contributed by atoms with van der Waals surface area (Å²) < 4.78 is 43.4. The highest BCUT2D eigenvalue weighted by Gasteiger charge is 2.30. The average Bonchev–Trinajstić information content (AvgIpc) is 2.89. The molecule has 1 saturated heterocycles. The maximum atomic E-state index is 12.6. The van der Waals surface area contributed by atoms with E-state index in [1.54, 1.807) is 6.07 Å². The van der Waals surface area contributed by atoms with Gasteiger partial charge in [-0.05, 0) is 37.8 Å². The minimum Gasteiger partial charge on any atom is -0.377 e. The molecule has 20 heavy (non-hydrogen) atoms. The highest BCUT2D eigenvalue weighted by Crippen LogP contribution is 2.29. The molecule has 112 valence electrons. The molecule has 1 N–H and O–H groups in total. The zero-order chi connectivity index (χ0) is 14.6. The largest absolute Gasteiger partial charge is 0.416 e. The first-order chi connectivity index (χ1) is 9.45. The molecule has 1 heterocycles. The van der Waals surface area contributed by atoms with Gasteiger partial charge in [0.1, 0.15) is 0 Å². The predicted octanol–water partition coefficient (Wildman–Crippen LogP) is 3.41. The van der Waals surface area contributed by atoms with Crippen molar-refractivity contribution in [1.29, 1.82) is 0 Å². The number of halogens is 3. The van der Waals surface area contributed by atoms with E-state index in [2.05, 4.69) is 5.32 Å². The molecule has 2 atom stereocenters. The SMILES string of the molecule is C[C@H](Cc1cccc(C(F)(F)F)c1)NC[C@@H]1CCCO1. The van der Waals surface area contributed by atoms with Crippen molar-refractivity contribution in [2.75, 3.05) is 13.2 Å². The minimum absolute atomic E-state index is 0.127. The zero-order valence-corrected chi connectivity index (χ0v) is 11.5. The molecular weight excluding hydrogens is 267 g/mol. The zero-order valence-electron chi connectivity index (χ0n) is 11.5. The quantitative estimate of drug-likeness (QED) is 0.896. The molecule has 1 aliphatic rings. The topological polar surface area (TPSA) is 21.3 Å². The summed E-state index contributed by atoms with van der Waals surface area (Å²) in [6, 6.07) is 5.66. The molecule has 0 saturated carbocycles. The smallest absolute Gasteiger partial charge is 0.377 e. The van der Waals surface area contributed by atoms with Gasteiger partial charge >= 0.3 is 6.18 Å². The molecule has 0 radical (unpaired) electrons. The number of alkyl halides is 3. The molecule has 1 aromatic carbocycles. The number of ether oxygens (including phenoxy) is 1. The fourth-order valence-corrected chi connectivity index (χ4v) is 2.44. The van der Waals surface area contributed by atoms with Crippen LogP contribution in [0, 0.1) is 0 Å². The summed E-state index contributed by atoms with van der Waals surface area (Å²) in [6.45, 7) is 3.56. The Bertz CT molecular complexity index is 427. The van der Waals surface area contributed by atoms with E-state index in [1.165, 1.54) is 12.1 Å². The molecule has 2 rings (SSSR count). The first-order valence-electron chi connectivity index (χ1n) is 6.96. The lowest BCUT2D eigenvalue weighted by atomic mass is 10.0. The van der Waals surface area contributed by atoms with E-state index in [0.29, 0.717) is 12.0 Å². The van der Waals surface area contributed by atoms with Crippen molar-refractivity contribution in [2.45, 2.75) is 44.5 Å². The third-order valence-electron chi connectivity index (χ3n) is 3.51. The van der Waals surface area contributed by atoms with E-state index in [1.807, 2.05) is 6.92 Å². The predicted molar refractivity (Wildman–Crippen MR) is 71.6 cm³/mol. The van der Waals surface area contributed by atoms with E-state index in [-0.39, 0.29) is 12.1 Å². The highest BCUT2D eigenvalue weighted by molar-refractivity contribution is 5.26. The minimum atomic E-state index is -4.27. The second-order valence-electron chi connectivity index (χ2n) is 5.35. The standard InChI is InChI=1S/C15H20F3NO/c1-11(19-10-14-6-3-7-20-14)8-12-4-2-5-13(9-12)15(16,17)18/h2,4-5,9,11,14,19H,3,6-8,10H2,1H3/t11-,14+/m1/s1. The first-order valence-corrected chi connectivity index (χ1v) is 6.96. The van der Waals surface area contributed by atoms with Crippen LogP contribution in [-0.4, -0.2) is 25.3 Å². The molecule has 1 fully saturated rings. The van der Waals surface area contributed by atoms with Crippen LogP contribution in [-0.2, 0) is 17.3 Å². The molecule has 5 heteroatoms. The number of hydrogen-bond donors (Lipinski definition) is 1. The third-order valence-corrected chi connectivity index (χ3v) is 3.51. The van der Waals surface area contributed by atoms with Crippen LogP contribution in [0.2, 0.25) is 0 Å². The Morgan fingerprint density at radius 3 is 2.85 bits per heavy atom. The monoisotopic (exact) mass is 287 g/mol. The summed E-state index contributed by atoms with van der Waals surface area (Å²) in [5.74, 6) is 0. The lowest BCUT2D eigenvalue weighted by molar-refractivity contribution is -0.137. The Labute approximate surface area is 117 Å². The van der Waals surface area contributed by atoms with Gasteiger partial charge in [-0.2, -0.15) is 13.2 Å². The lowest BCUT2D eigenvalue weighted by Crippen LogP contribution is -2.34. The molecule has 0 unspecified atom stereocenters. The first kappa shape index (κ1) is 15.3. The Hall–Kier alpha value is -1.07. The van der Waals surface area contributed by atoms with Crippen LogP contribution in [0.1, 0.15) is 30.9 Å². The van der Waals surface area contributed by atoms with Crippen LogP contribution < -0.4 is 5.32 Å². The number of nitrogens with one attached hydrogen (secondary N) is 1. The van der Waals surface area contributed by atoms with Gasteiger partial charge in [0, 0.05) is 19.2 Å². The number of benzene rings is 1. The average molecular weight is 287 g/mol. The molecule has 0 spiro atoms. The van der Waals surface area contributed by atoms with E-state index in [4.69, 9.17) is 4.74 Å². The fraction of sp³-hybridized carbons (Fsp3) is 0.600. The second-order valence-corrected chi connectivity index (χ2v) is 5.35. The van der Waals surface area contributed by atoms with Crippen molar-refractivity contribution < 1.29 is 17.9 Å².